The van der Waals surface area contributed by atoms with Crippen LogP contribution in [0, 0.1) is 5.82 Å². The second-order valence-corrected chi connectivity index (χ2v) is 3.87. The summed E-state index contributed by atoms with van der Waals surface area (Å²) in [6.45, 7) is 1.13. The first-order chi connectivity index (χ1) is 7.98. The molecule has 18 heavy (non-hydrogen) atoms. The van der Waals surface area contributed by atoms with Gasteiger partial charge in [0.25, 0.3) is 0 Å². The molecule has 1 aromatic carbocycles. The van der Waals surface area contributed by atoms with E-state index < -0.39 is 17.6 Å². The van der Waals surface area contributed by atoms with Crippen LogP contribution >= 0.6 is 12.4 Å². The van der Waals surface area contributed by atoms with Crippen LogP contribution in [-0.2, 0) is 6.18 Å². The summed E-state index contributed by atoms with van der Waals surface area (Å²) in [5.41, 5.74) is -0.262. The van der Waals surface area contributed by atoms with Gasteiger partial charge in [0, 0.05) is 6.54 Å². The van der Waals surface area contributed by atoms with Gasteiger partial charge in [0.15, 0.2) is 0 Å². The Labute approximate surface area is 108 Å². The molecular weight excluding hydrogens is 270 g/mol. The Morgan fingerprint density at radius 2 is 1.89 bits per heavy atom. The zero-order chi connectivity index (χ0) is 12.5. The maximum Gasteiger partial charge on any atom is 0.416 e. The lowest BCUT2D eigenvalue weighted by Crippen LogP contribution is -2.21. The maximum absolute atomic E-state index is 13.1. The van der Waals surface area contributed by atoms with Crippen molar-refractivity contribution in [3.05, 3.63) is 41.2 Å². The van der Waals surface area contributed by atoms with Crippen LogP contribution in [-0.4, -0.2) is 13.1 Å². The number of hydrogen-bond acceptors (Lipinski definition) is 1. The van der Waals surface area contributed by atoms with E-state index in [0.717, 1.165) is 18.2 Å². The van der Waals surface area contributed by atoms with Crippen molar-refractivity contribution in [2.45, 2.75) is 12.6 Å². The maximum atomic E-state index is 13.1. The molecule has 0 saturated carbocycles. The smallest absolute Gasteiger partial charge is 0.313 e. The molecule has 1 aliphatic rings. The average molecular weight is 282 g/mol. The standard InChI is InChI=1S/C12H11F4N.ClH/c13-9-1-2-11(12(14,15)16)10(7-9)8-3-5-17-6-4-8;/h1-3,7,17H,4-6H2;1H. The van der Waals surface area contributed by atoms with Crippen LogP contribution in [0.25, 0.3) is 5.57 Å². The van der Waals surface area contributed by atoms with Gasteiger partial charge in [-0.1, -0.05) is 6.08 Å². The molecule has 1 N–H and O–H groups in total. The summed E-state index contributed by atoms with van der Waals surface area (Å²) in [6.07, 6.45) is -2.30. The Morgan fingerprint density at radius 3 is 2.44 bits per heavy atom. The van der Waals surface area contributed by atoms with E-state index in [-0.39, 0.29) is 18.0 Å². The summed E-state index contributed by atoms with van der Waals surface area (Å²) in [4.78, 5) is 0. The van der Waals surface area contributed by atoms with E-state index in [1.807, 2.05) is 0 Å². The number of alkyl halides is 3. The van der Waals surface area contributed by atoms with Crippen molar-refractivity contribution in [1.82, 2.24) is 5.32 Å². The second-order valence-electron chi connectivity index (χ2n) is 3.87. The summed E-state index contributed by atoms with van der Waals surface area (Å²) in [5.74, 6) is -0.646. The zero-order valence-corrected chi connectivity index (χ0v) is 10.2. The van der Waals surface area contributed by atoms with Crippen molar-refractivity contribution in [2.24, 2.45) is 0 Å². The lowest BCUT2D eigenvalue weighted by Gasteiger charge is -2.18. The molecule has 0 atom stereocenters. The summed E-state index contributed by atoms with van der Waals surface area (Å²) < 4.78 is 51.4. The van der Waals surface area contributed by atoms with Crippen LogP contribution in [0.15, 0.2) is 24.3 Å². The van der Waals surface area contributed by atoms with Gasteiger partial charge in [0.05, 0.1) is 5.56 Å². The molecule has 1 aromatic rings. The van der Waals surface area contributed by atoms with Crippen molar-refractivity contribution in [3.8, 4) is 0 Å². The molecule has 1 aliphatic heterocycles. The molecule has 2 rings (SSSR count). The van der Waals surface area contributed by atoms with Gasteiger partial charge in [-0.05, 0) is 42.3 Å². The highest BCUT2D eigenvalue weighted by Crippen LogP contribution is 2.36. The number of halogens is 5. The van der Waals surface area contributed by atoms with E-state index >= 15 is 0 Å². The van der Waals surface area contributed by atoms with Gasteiger partial charge in [0.1, 0.15) is 5.82 Å². The van der Waals surface area contributed by atoms with Gasteiger partial charge in [-0.25, -0.2) is 4.39 Å². The molecule has 0 bridgehead atoms. The summed E-state index contributed by atoms with van der Waals surface area (Å²) in [7, 11) is 0. The SMILES string of the molecule is Cl.Fc1ccc(C(F)(F)F)c(C2=CCNCC2)c1. The van der Waals surface area contributed by atoms with Crippen LogP contribution in [0.4, 0.5) is 17.6 Å². The molecule has 1 nitrogen and oxygen atoms in total. The van der Waals surface area contributed by atoms with E-state index in [9.17, 15) is 17.6 Å². The molecule has 1 heterocycles. The third kappa shape index (κ3) is 3.23. The van der Waals surface area contributed by atoms with Crippen LogP contribution in [0.1, 0.15) is 17.5 Å². The van der Waals surface area contributed by atoms with Crippen molar-refractivity contribution in [1.29, 1.82) is 0 Å². The molecule has 0 unspecified atom stereocenters. The average Bonchev–Trinajstić information content (AvgIpc) is 2.28. The topological polar surface area (TPSA) is 12.0 Å². The lowest BCUT2D eigenvalue weighted by molar-refractivity contribution is -0.137. The Morgan fingerprint density at radius 1 is 1.17 bits per heavy atom. The summed E-state index contributed by atoms with van der Waals surface area (Å²) >= 11 is 0. The van der Waals surface area contributed by atoms with E-state index in [0.29, 0.717) is 25.1 Å². The summed E-state index contributed by atoms with van der Waals surface area (Å²) in [5, 5.41) is 3.01. The van der Waals surface area contributed by atoms with E-state index in [1.54, 1.807) is 6.08 Å². The van der Waals surface area contributed by atoms with Crippen molar-refractivity contribution in [2.75, 3.05) is 13.1 Å². The third-order valence-corrected chi connectivity index (χ3v) is 2.70. The fourth-order valence-electron chi connectivity index (χ4n) is 1.90. The number of nitrogens with one attached hydrogen (secondary N) is 1. The van der Waals surface area contributed by atoms with Crippen molar-refractivity contribution < 1.29 is 17.6 Å². The highest BCUT2D eigenvalue weighted by Gasteiger charge is 2.34. The van der Waals surface area contributed by atoms with Gasteiger partial charge < -0.3 is 5.32 Å². The first kappa shape index (κ1) is 15.0. The molecule has 0 aliphatic carbocycles. The molecule has 100 valence electrons. The molecule has 0 spiro atoms. The predicted octanol–water partition coefficient (Wildman–Crippen LogP) is 3.64. The second kappa shape index (κ2) is 5.71. The lowest BCUT2D eigenvalue weighted by atomic mass is 9.95. The highest BCUT2D eigenvalue weighted by molar-refractivity contribution is 5.85. The first-order valence-corrected chi connectivity index (χ1v) is 5.25. The van der Waals surface area contributed by atoms with Crippen molar-refractivity contribution in [3.63, 3.8) is 0 Å². The van der Waals surface area contributed by atoms with Gasteiger partial charge in [-0.2, -0.15) is 13.2 Å². The molecule has 0 saturated heterocycles. The molecule has 0 fully saturated rings. The highest BCUT2D eigenvalue weighted by atomic mass is 35.5. The monoisotopic (exact) mass is 281 g/mol. The van der Waals surface area contributed by atoms with Gasteiger partial charge in [-0.15, -0.1) is 12.4 Å². The normalized spacial score (nSPS) is 15.9. The minimum atomic E-state index is -4.45. The van der Waals surface area contributed by atoms with Crippen molar-refractivity contribution >= 4 is 18.0 Å². The largest absolute Gasteiger partial charge is 0.416 e. The molecule has 0 amide bonds. The van der Waals surface area contributed by atoms with Gasteiger partial charge in [-0.3, -0.25) is 0 Å². The number of rotatable bonds is 1. The number of benzene rings is 1. The van der Waals surface area contributed by atoms with Crippen LogP contribution in [0.3, 0.4) is 0 Å². The molecule has 0 aromatic heterocycles. The van der Waals surface area contributed by atoms with E-state index in [4.69, 9.17) is 0 Å². The van der Waals surface area contributed by atoms with Crippen LogP contribution in [0.5, 0.6) is 0 Å². The quantitative estimate of drug-likeness (QED) is 0.775. The Balaban J connectivity index is 0.00000162. The molecular formula is C12H12ClF4N. The summed E-state index contributed by atoms with van der Waals surface area (Å²) in [6, 6.07) is 2.60. The van der Waals surface area contributed by atoms with Crippen LogP contribution < -0.4 is 5.32 Å². The first-order valence-electron chi connectivity index (χ1n) is 5.25. The van der Waals surface area contributed by atoms with Gasteiger partial charge in [0.2, 0.25) is 0 Å². The number of hydrogen-bond donors (Lipinski definition) is 1. The van der Waals surface area contributed by atoms with E-state index in [2.05, 4.69) is 5.32 Å². The third-order valence-electron chi connectivity index (χ3n) is 2.70. The van der Waals surface area contributed by atoms with Gasteiger partial charge >= 0.3 is 6.18 Å². The van der Waals surface area contributed by atoms with E-state index in [1.165, 1.54) is 0 Å². The van der Waals surface area contributed by atoms with Crippen LogP contribution in [0.2, 0.25) is 0 Å². The zero-order valence-electron chi connectivity index (χ0n) is 9.35. The fourth-order valence-corrected chi connectivity index (χ4v) is 1.90. The predicted molar refractivity (Wildman–Crippen MR) is 64.1 cm³/mol. The molecule has 0 radical (unpaired) electrons. The minimum Gasteiger partial charge on any atom is -0.313 e. The Bertz CT molecular complexity index is 454. The fraction of sp³-hybridized carbons (Fsp3) is 0.333. The Hall–Kier alpha value is -1.07. The molecule has 6 heteroatoms. The Kier molecular flexibility index (Phi) is 4.76. The minimum absolute atomic E-state index is 0.